The first-order valence-corrected chi connectivity index (χ1v) is 12.0. The Labute approximate surface area is 205 Å². The minimum absolute atomic E-state index is 0.102. The summed E-state index contributed by atoms with van der Waals surface area (Å²) in [4.78, 5) is 20.4. The number of carbonyl (C=O) groups excluding carboxylic acids is 1. The molecule has 0 atom stereocenters. The fourth-order valence-electron chi connectivity index (χ4n) is 3.20. The number of phenols is 1. The summed E-state index contributed by atoms with van der Waals surface area (Å²) in [6.07, 6.45) is 1.82. The fourth-order valence-corrected chi connectivity index (χ4v) is 4.83. The number of hydrogen-bond donors (Lipinski definition) is 1. The molecule has 0 radical (unpaired) electrons. The number of amides is 1. The number of phenolic OH excluding ortho intramolecular Hbond substituents is 1. The zero-order chi connectivity index (χ0) is 22.5. The number of thioether (sulfide) groups is 1. The Bertz CT molecular complexity index is 1180. The Hall–Kier alpha value is -2.78. The number of aliphatic imine (C=N–C) groups is 1. The number of ether oxygens (including phenoxy) is 1. The monoisotopic (exact) mass is 556 g/mol. The van der Waals surface area contributed by atoms with Crippen molar-refractivity contribution in [2.75, 3.05) is 6.61 Å². The van der Waals surface area contributed by atoms with Crippen molar-refractivity contribution < 1.29 is 14.6 Å². The zero-order valence-electron chi connectivity index (χ0n) is 17.4. The van der Waals surface area contributed by atoms with Crippen molar-refractivity contribution in [3.05, 3.63) is 92.4 Å². The van der Waals surface area contributed by atoms with Gasteiger partial charge >= 0.3 is 0 Å². The third-order valence-electron chi connectivity index (χ3n) is 4.70. The average Bonchev–Trinajstić information content (AvgIpc) is 3.07. The van der Waals surface area contributed by atoms with Crippen LogP contribution in [0.25, 0.3) is 6.08 Å². The third kappa shape index (κ3) is 5.16. The van der Waals surface area contributed by atoms with E-state index in [1.165, 1.54) is 11.8 Å². The first-order chi connectivity index (χ1) is 15.5. The smallest absolute Gasteiger partial charge is 0.267 e. The number of para-hydroxylation sites is 1. The normalized spacial score (nSPS) is 16.2. The van der Waals surface area contributed by atoms with Crippen LogP contribution in [-0.2, 0) is 11.3 Å². The summed E-state index contributed by atoms with van der Waals surface area (Å²) in [6.45, 7) is 2.74. The molecule has 1 aliphatic heterocycles. The van der Waals surface area contributed by atoms with Gasteiger partial charge in [-0.1, -0.05) is 48.5 Å². The van der Waals surface area contributed by atoms with E-state index in [0.717, 1.165) is 16.8 Å². The number of hydrogen-bond acceptors (Lipinski definition) is 5. The van der Waals surface area contributed by atoms with E-state index < -0.39 is 0 Å². The molecule has 0 saturated carbocycles. The zero-order valence-corrected chi connectivity index (χ0v) is 20.3. The number of amidine groups is 1. The van der Waals surface area contributed by atoms with E-state index in [0.29, 0.717) is 32.5 Å². The lowest BCUT2D eigenvalue weighted by molar-refractivity contribution is -0.122. The van der Waals surface area contributed by atoms with Crippen LogP contribution in [-0.4, -0.2) is 27.7 Å². The molecule has 3 aromatic carbocycles. The summed E-state index contributed by atoms with van der Waals surface area (Å²) >= 11 is 3.41. The highest BCUT2D eigenvalue weighted by Gasteiger charge is 2.33. The van der Waals surface area contributed by atoms with Gasteiger partial charge in [0.15, 0.2) is 16.7 Å². The van der Waals surface area contributed by atoms with Crippen molar-refractivity contribution in [2.45, 2.75) is 13.5 Å². The molecule has 1 N–H and O–H groups in total. The Balaban J connectivity index is 1.71. The molecule has 7 heteroatoms. The Morgan fingerprint density at radius 1 is 1.09 bits per heavy atom. The topological polar surface area (TPSA) is 62.1 Å². The van der Waals surface area contributed by atoms with E-state index in [-0.39, 0.29) is 11.7 Å². The quantitative estimate of drug-likeness (QED) is 0.290. The van der Waals surface area contributed by atoms with Crippen LogP contribution in [0.4, 0.5) is 5.69 Å². The Morgan fingerprint density at radius 3 is 2.47 bits per heavy atom. The van der Waals surface area contributed by atoms with E-state index >= 15 is 0 Å². The third-order valence-corrected chi connectivity index (χ3v) is 6.53. The molecule has 0 unspecified atom stereocenters. The molecule has 0 spiro atoms. The van der Waals surface area contributed by atoms with Gasteiger partial charge in [-0.2, -0.15) is 0 Å². The Morgan fingerprint density at radius 2 is 1.78 bits per heavy atom. The van der Waals surface area contributed by atoms with Gasteiger partial charge < -0.3 is 9.84 Å². The van der Waals surface area contributed by atoms with Crippen molar-refractivity contribution in [3.63, 3.8) is 0 Å². The van der Waals surface area contributed by atoms with Gasteiger partial charge in [0.25, 0.3) is 5.91 Å². The number of nitrogens with zero attached hydrogens (tertiary/aromatic N) is 2. The lowest BCUT2D eigenvalue weighted by Gasteiger charge is -2.15. The van der Waals surface area contributed by atoms with Crippen LogP contribution in [0.5, 0.6) is 11.5 Å². The van der Waals surface area contributed by atoms with Gasteiger partial charge in [-0.15, -0.1) is 0 Å². The van der Waals surface area contributed by atoms with Crippen molar-refractivity contribution in [1.82, 2.24) is 4.90 Å². The second-order valence-corrected chi connectivity index (χ2v) is 9.17. The molecule has 1 saturated heterocycles. The van der Waals surface area contributed by atoms with Gasteiger partial charge in [0.2, 0.25) is 0 Å². The maximum Gasteiger partial charge on any atom is 0.267 e. The molecule has 1 amide bonds. The molecular weight excluding hydrogens is 535 g/mol. The molecule has 5 nitrogen and oxygen atoms in total. The fraction of sp³-hybridized carbons (Fsp3) is 0.120. The highest BCUT2D eigenvalue weighted by molar-refractivity contribution is 14.1. The minimum Gasteiger partial charge on any atom is -0.504 e. The highest BCUT2D eigenvalue weighted by Crippen LogP contribution is 2.38. The van der Waals surface area contributed by atoms with E-state index in [2.05, 4.69) is 22.6 Å². The minimum atomic E-state index is -0.102. The van der Waals surface area contributed by atoms with Crippen LogP contribution in [0.15, 0.2) is 82.7 Å². The molecule has 0 aromatic heterocycles. The first kappa shape index (κ1) is 22.4. The maximum atomic E-state index is 13.4. The molecule has 0 aliphatic carbocycles. The van der Waals surface area contributed by atoms with E-state index in [1.807, 2.05) is 79.7 Å². The summed E-state index contributed by atoms with van der Waals surface area (Å²) in [5, 5.41) is 10.9. The van der Waals surface area contributed by atoms with Crippen LogP contribution in [0.2, 0.25) is 0 Å². The van der Waals surface area contributed by atoms with E-state index in [9.17, 15) is 9.90 Å². The highest BCUT2D eigenvalue weighted by atomic mass is 127. The number of benzene rings is 3. The van der Waals surface area contributed by atoms with Gasteiger partial charge in [0, 0.05) is 0 Å². The van der Waals surface area contributed by atoms with E-state index in [4.69, 9.17) is 9.73 Å². The number of carbonyl (C=O) groups is 1. The van der Waals surface area contributed by atoms with Crippen LogP contribution in [0.1, 0.15) is 18.1 Å². The molecular formula is C25H21IN2O3S. The molecule has 32 heavy (non-hydrogen) atoms. The maximum absolute atomic E-state index is 13.4. The van der Waals surface area contributed by atoms with E-state index in [1.54, 1.807) is 11.0 Å². The SMILES string of the molecule is CCOc1cc(/C=C2/SC(=Nc3ccccc3)N(Cc3ccccc3)C2=O)cc(I)c1O. The average molecular weight is 556 g/mol. The predicted octanol–water partition coefficient (Wildman–Crippen LogP) is 6.20. The molecule has 4 rings (SSSR count). The summed E-state index contributed by atoms with van der Waals surface area (Å²) in [6, 6.07) is 23.1. The second kappa shape index (κ2) is 10.2. The van der Waals surface area contributed by atoms with Crippen LogP contribution >= 0.6 is 34.4 Å². The molecule has 3 aromatic rings. The largest absolute Gasteiger partial charge is 0.504 e. The van der Waals surface area contributed by atoms with Crippen molar-refractivity contribution >= 4 is 57.2 Å². The van der Waals surface area contributed by atoms with Gasteiger partial charge in [-0.25, -0.2) is 4.99 Å². The predicted molar refractivity (Wildman–Crippen MR) is 138 cm³/mol. The van der Waals surface area contributed by atoms with Crippen molar-refractivity contribution in [1.29, 1.82) is 0 Å². The van der Waals surface area contributed by atoms with Gasteiger partial charge in [0.05, 0.1) is 27.3 Å². The lowest BCUT2D eigenvalue weighted by atomic mass is 10.1. The summed E-state index contributed by atoms with van der Waals surface area (Å²) in [7, 11) is 0. The van der Waals surface area contributed by atoms with Gasteiger partial charge in [-0.3, -0.25) is 9.69 Å². The lowest BCUT2D eigenvalue weighted by Crippen LogP contribution is -2.28. The summed E-state index contributed by atoms with van der Waals surface area (Å²) in [5.41, 5.74) is 2.60. The number of aromatic hydroxyl groups is 1. The molecule has 1 fully saturated rings. The molecule has 162 valence electrons. The van der Waals surface area contributed by atoms with Crippen LogP contribution in [0.3, 0.4) is 0 Å². The van der Waals surface area contributed by atoms with Crippen LogP contribution < -0.4 is 4.74 Å². The van der Waals surface area contributed by atoms with Crippen molar-refractivity contribution in [3.8, 4) is 11.5 Å². The number of halogens is 1. The first-order valence-electron chi connectivity index (χ1n) is 10.1. The summed E-state index contributed by atoms with van der Waals surface area (Å²) < 4.78 is 6.20. The Kier molecular flexibility index (Phi) is 7.16. The van der Waals surface area contributed by atoms with Gasteiger partial charge in [-0.05, 0) is 82.7 Å². The van der Waals surface area contributed by atoms with Crippen LogP contribution in [0, 0.1) is 3.57 Å². The summed E-state index contributed by atoms with van der Waals surface area (Å²) in [5.74, 6) is 0.410. The molecule has 1 aliphatic rings. The number of rotatable bonds is 6. The second-order valence-electron chi connectivity index (χ2n) is 7.00. The molecule has 0 bridgehead atoms. The van der Waals surface area contributed by atoms with Gasteiger partial charge in [0.1, 0.15) is 0 Å². The van der Waals surface area contributed by atoms with Crippen molar-refractivity contribution in [2.24, 2.45) is 4.99 Å². The molecule has 1 heterocycles. The standard InChI is InChI=1S/C25H21IN2O3S/c1-2-31-21-14-18(13-20(26)23(21)29)15-22-24(30)28(16-17-9-5-3-6-10-17)25(32-22)27-19-11-7-4-8-12-19/h3-15,29H,2,16H2,1H3/b22-15+,27-25?.